The molecule has 0 fully saturated rings. The van der Waals surface area contributed by atoms with Crippen LogP contribution in [0.3, 0.4) is 0 Å². The second-order valence-electron chi connectivity index (χ2n) is 12.7. The predicted octanol–water partition coefficient (Wildman–Crippen LogP) is 13.4. The van der Waals surface area contributed by atoms with Crippen molar-refractivity contribution in [2.75, 3.05) is 4.90 Å². The van der Waals surface area contributed by atoms with Crippen molar-refractivity contribution < 1.29 is 8.83 Å². The Labute approximate surface area is 294 Å². The van der Waals surface area contributed by atoms with Crippen molar-refractivity contribution in [1.29, 1.82) is 0 Å². The first-order valence-corrected chi connectivity index (χ1v) is 17.1. The van der Waals surface area contributed by atoms with Gasteiger partial charge in [0.05, 0.1) is 11.1 Å². The minimum atomic E-state index is 0.591. The van der Waals surface area contributed by atoms with Crippen molar-refractivity contribution in [2.24, 2.45) is 0 Å². The van der Waals surface area contributed by atoms with E-state index in [-0.39, 0.29) is 0 Å². The molecule has 0 aliphatic carbocycles. The molecule has 0 atom stereocenters. The molecule has 0 N–H and O–H groups in total. The molecule has 0 spiro atoms. The van der Waals surface area contributed by atoms with Gasteiger partial charge in [0.15, 0.2) is 5.58 Å². The van der Waals surface area contributed by atoms with E-state index >= 15 is 0 Å². The summed E-state index contributed by atoms with van der Waals surface area (Å²) in [6.45, 7) is 0. The van der Waals surface area contributed by atoms with E-state index in [0.717, 1.165) is 66.8 Å². The number of benzene rings is 8. The first kappa shape index (κ1) is 29.0. The summed E-state index contributed by atoms with van der Waals surface area (Å²) in [5.74, 6) is 0.591. The molecule has 10 rings (SSSR count). The van der Waals surface area contributed by atoms with Gasteiger partial charge in [-0.15, -0.1) is 0 Å². The van der Waals surface area contributed by atoms with Crippen LogP contribution in [-0.2, 0) is 0 Å². The zero-order valence-corrected chi connectivity index (χ0v) is 27.5. The van der Waals surface area contributed by atoms with Crippen molar-refractivity contribution in [3.05, 3.63) is 182 Å². The lowest BCUT2D eigenvalue weighted by Gasteiger charge is -2.28. The Kier molecular flexibility index (Phi) is 6.78. The molecule has 4 heteroatoms. The molecule has 2 aromatic heterocycles. The van der Waals surface area contributed by atoms with Gasteiger partial charge in [-0.25, -0.2) is 4.98 Å². The molecule has 51 heavy (non-hydrogen) atoms. The maximum absolute atomic E-state index is 6.41. The van der Waals surface area contributed by atoms with Crippen molar-refractivity contribution in [2.45, 2.75) is 0 Å². The summed E-state index contributed by atoms with van der Waals surface area (Å²) in [4.78, 5) is 7.34. The molecular weight excluding hydrogens is 625 g/mol. The highest BCUT2D eigenvalue weighted by atomic mass is 16.4. The molecule has 0 bridgehead atoms. The van der Waals surface area contributed by atoms with Gasteiger partial charge in [-0.05, 0) is 88.1 Å². The van der Waals surface area contributed by atoms with Crippen LogP contribution in [0.15, 0.2) is 191 Å². The minimum Gasteiger partial charge on any atom is -0.456 e. The molecule has 8 aromatic carbocycles. The molecule has 0 aliphatic heterocycles. The van der Waals surface area contributed by atoms with Crippen LogP contribution in [0.1, 0.15) is 0 Å². The van der Waals surface area contributed by atoms with Gasteiger partial charge < -0.3 is 13.7 Å². The van der Waals surface area contributed by atoms with E-state index in [4.69, 9.17) is 13.8 Å². The lowest BCUT2D eigenvalue weighted by atomic mass is 9.97. The van der Waals surface area contributed by atoms with E-state index < -0.39 is 0 Å². The standard InChI is InChI=1S/C47H30N2O2/c1-3-12-32(13-4-1)39-19-9-10-21-41(39)49(35-24-22-33(23-25-35)38-20-11-17-31-14-7-8-18-37(31)38)36-26-27-42-40(30-36)45-43(50-42)28-29-44-46(45)48-47(51-44)34-15-5-2-6-16-34/h1-30H. The van der Waals surface area contributed by atoms with E-state index in [9.17, 15) is 0 Å². The molecule has 0 unspecified atom stereocenters. The predicted molar refractivity (Wildman–Crippen MR) is 210 cm³/mol. The van der Waals surface area contributed by atoms with Gasteiger partial charge in [-0.1, -0.05) is 121 Å². The number of hydrogen-bond acceptors (Lipinski definition) is 4. The highest BCUT2D eigenvalue weighted by Gasteiger charge is 2.21. The topological polar surface area (TPSA) is 42.4 Å². The van der Waals surface area contributed by atoms with Crippen LogP contribution in [0.4, 0.5) is 17.1 Å². The van der Waals surface area contributed by atoms with E-state index in [0.29, 0.717) is 5.89 Å². The number of fused-ring (bicyclic) bond motifs is 6. The lowest BCUT2D eigenvalue weighted by Crippen LogP contribution is -2.11. The van der Waals surface area contributed by atoms with E-state index in [2.05, 4.69) is 144 Å². The molecule has 10 aromatic rings. The first-order valence-electron chi connectivity index (χ1n) is 17.1. The maximum atomic E-state index is 6.41. The number of nitrogens with zero attached hydrogens (tertiary/aromatic N) is 2. The number of aromatic nitrogens is 1. The SMILES string of the molecule is c1ccc(-c2nc3c(ccc4oc5ccc(N(c6ccc(-c7cccc8ccccc78)cc6)c6ccccc6-c6ccccc6)cc5c43)o2)cc1. The Bertz CT molecular complexity index is 2850. The third-order valence-electron chi connectivity index (χ3n) is 9.71. The first-order chi connectivity index (χ1) is 25.3. The van der Waals surface area contributed by atoms with Crippen molar-refractivity contribution in [1.82, 2.24) is 4.98 Å². The smallest absolute Gasteiger partial charge is 0.227 e. The molecule has 0 saturated heterocycles. The Morgan fingerprint density at radius 3 is 1.88 bits per heavy atom. The summed E-state index contributed by atoms with van der Waals surface area (Å²) in [6, 6.07) is 63.5. The summed E-state index contributed by atoms with van der Waals surface area (Å²) in [5, 5.41) is 4.40. The Hall–Kier alpha value is -6.91. The third-order valence-corrected chi connectivity index (χ3v) is 9.71. The fraction of sp³-hybridized carbons (Fsp3) is 0. The van der Waals surface area contributed by atoms with Crippen LogP contribution < -0.4 is 4.90 Å². The van der Waals surface area contributed by atoms with Crippen LogP contribution in [0, 0.1) is 0 Å². The van der Waals surface area contributed by atoms with Crippen molar-refractivity contribution in [3.8, 4) is 33.7 Å². The number of rotatable bonds is 6. The molecule has 0 radical (unpaired) electrons. The Morgan fingerprint density at radius 2 is 1.04 bits per heavy atom. The molecule has 4 nitrogen and oxygen atoms in total. The summed E-state index contributed by atoms with van der Waals surface area (Å²) in [7, 11) is 0. The average Bonchev–Trinajstić information content (AvgIpc) is 3.81. The van der Waals surface area contributed by atoms with Gasteiger partial charge in [0.1, 0.15) is 16.7 Å². The van der Waals surface area contributed by atoms with Crippen molar-refractivity contribution >= 4 is 60.9 Å². The lowest BCUT2D eigenvalue weighted by molar-refractivity contribution is 0.619. The van der Waals surface area contributed by atoms with Crippen LogP contribution in [0.5, 0.6) is 0 Å². The third kappa shape index (κ3) is 4.96. The molecular formula is C47H30N2O2. The Balaban J connectivity index is 1.17. The van der Waals surface area contributed by atoms with Crippen molar-refractivity contribution in [3.63, 3.8) is 0 Å². The van der Waals surface area contributed by atoms with E-state index in [1.54, 1.807) is 0 Å². The molecule has 0 saturated carbocycles. The highest BCUT2D eigenvalue weighted by Crippen LogP contribution is 2.44. The number of oxazole rings is 1. The van der Waals surface area contributed by atoms with Crippen LogP contribution in [-0.4, -0.2) is 4.98 Å². The quantitative estimate of drug-likeness (QED) is 0.179. The highest BCUT2D eigenvalue weighted by molar-refractivity contribution is 6.17. The van der Waals surface area contributed by atoms with Gasteiger partial charge in [0.25, 0.3) is 0 Å². The zero-order chi connectivity index (χ0) is 33.7. The summed E-state index contributed by atoms with van der Waals surface area (Å²) in [6.07, 6.45) is 0. The fourth-order valence-corrected chi connectivity index (χ4v) is 7.31. The van der Waals surface area contributed by atoms with Gasteiger partial charge >= 0.3 is 0 Å². The minimum absolute atomic E-state index is 0.591. The van der Waals surface area contributed by atoms with Gasteiger partial charge in [-0.2, -0.15) is 0 Å². The number of anilines is 3. The fourth-order valence-electron chi connectivity index (χ4n) is 7.31. The summed E-state index contributed by atoms with van der Waals surface area (Å²) in [5.41, 5.74) is 11.8. The molecule has 2 heterocycles. The summed E-state index contributed by atoms with van der Waals surface area (Å²) < 4.78 is 12.7. The second-order valence-corrected chi connectivity index (χ2v) is 12.7. The molecule has 0 amide bonds. The second kappa shape index (κ2) is 11.9. The van der Waals surface area contributed by atoms with Gasteiger partial charge in [0.2, 0.25) is 5.89 Å². The number of furan rings is 1. The van der Waals surface area contributed by atoms with Gasteiger partial charge in [-0.3, -0.25) is 0 Å². The average molecular weight is 655 g/mol. The van der Waals surface area contributed by atoms with Crippen LogP contribution in [0.2, 0.25) is 0 Å². The molecule has 240 valence electrons. The number of para-hydroxylation sites is 1. The maximum Gasteiger partial charge on any atom is 0.227 e. The molecule has 0 aliphatic rings. The van der Waals surface area contributed by atoms with E-state index in [1.165, 1.54) is 21.9 Å². The monoisotopic (exact) mass is 654 g/mol. The van der Waals surface area contributed by atoms with Gasteiger partial charge in [0, 0.05) is 27.9 Å². The Morgan fingerprint density at radius 1 is 0.412 bits per heavy atom. The number of hydrogen-bond donors (Lipinski definition) is 0. The van der Waals surface area contributed by atoms with Crippen LogP contribution in [0.25, 0.3) is 77.5 Å². The van der Waals surface area contributed by atoms with E-state index in [1.807, 2.05) is 42.5 Å². The van der Waals surface area contributed by atoms with Crippen LogP contribution >= 0.6 is 0 Å². The zero-order valence-electron chi connectivity index (χ0n) is 27.5. The largest absolute Gasteiger partial charge is 0.456 e. The summed E-state index contributed by atoms with van der Waals surface area (Å²) >= 11 is 0. The normalized spacial score (nSPS) is 11.5.